The molecular formula is C17H25N3O. The van der Waals surface area contributed by atoms with Gasteiger partial charge in [0, 0.05) is 20.1 Å². The van der Waals surface area contributed by atoms with Gasteiger partial charge >= 0.3 is 0 Å². The van der Waals surface area contributed by atoms with Gasteiger partial charge in [-0.15, -0.1) is 0 Å². The molecule has 0 aromatic heterocycles. The number of hydrogen-bond acceptors (Lipinski definition) is 4. The van der Waals surface area contributed by atoms with Gasteiger partial charge < -0.3 is 15.0 Å². The maximum Gasteiger partial charge on any atom is 0.194 e. The van der Waals surface area contributed by atoms with E-state index in [0.29, 0.717) is 6.10 Å². The smallest absolute Gasteiger partial charge is 0.194 e. The van der Waals surface area contributed by atoms with Gasteiger partial charge in [0.15, 0.2) is 5.96 Å². The van der Waals surface area contributed by atoms with E-state index < -0.39 is 0 Å². The molecule has 1 fully saturated rings. The number of nitrogens with one attached hydrogen (secondary N) is 1. The van der Waals surface area contributed by atoms with Gasteiger partial charge in [-0.1, -0.05) is 18.6 Å². The first-order valence-electron chi connectivity index (χ1n) is 8.06. The number of likely N-dealkylation sites (N-methyl/N-ethyl adjacent to an activating group) is 1. The molecule has 1 aromatic carbocycles. The summed E-state index contributed by atoms with van der Waals surface area (Å²) in [5.41, 5.74) is 1.26. The minimum atomic E-state index is 0.421. The molecule has 1 saturated carbocycles. The Morgan fingerprint density at radius 1 is 1.19 bits per heavy atom. The molecule has 0 radical (unpaired) electrons. The third-order valence-corrected chi connectivity index (χ3v) is 4.29. The second kappa shape index (κ2) is 6.83. The van der Waals surface area contributed by atoms with Crippen LogP contribution in [0.1, 0.15) is 37.7 Å². The van der Waals surface area contributed by atoms with E-state index in [0.717, 1.165) is 31.3 Å². The average Bonchev–Trinajstić information content (AvgIpc) is 2.93. The third kappa shape index (κ3) is 3.90. The molecule has 1 aliphatic carbocycles. The highest BCUT2D eigenvalue weighted by Crippen LogP contribution is 2.23. The lowest BCUT2D eigenvalue weighted by molar-refractivity contribution is 0.155. The van der Waals surface area contributed by atoms with Crippen molar-refractivity contribution in [2.24, 2.45) is 4.99 Å². The second-order valence-corrected chi connectivity index (χ2v) is 6.00. The van der Waals surface area contributed by atoms with Crippen LogP contribution >= 0.6 is 0 Å². The van der Waals surface area contributed by atoms with E-state index in [1.807, 2.05) is 0 Å². The molecule has 21 heavy (non-hydrogen) atoms. The second-order valence-electron chi connectivity index (χ2n) is 6.00. The average molecular weight is 287 g/mol. The van der Waals surface area contributed by atoms with Crippen LogP contribution in [0.5, 0.6) is 5.75 Å². The number of rotatable bonds is 4. The van der Waals surface area contributed by atoms with Gasteiger partial charge in [-0.3, -0.25) is 4.99 Å². The van der Waals surface area contributed by atoms with Crippen molar-refractivity contribution < 1.29 is 4.74 Å². The molecule has 0 spiro atoms. The third-order valence-electron chi connectivity index (χ3n) is 4.29. The lowest BCUT2D eigenvalue weighted by Gasteiger charge is -2.23. The van der Waals surface area contributed by atoms with Gasteiger partial charge in [-0.2, -0.15) is 0 Å². The topological polar surface area (TPSA) is 36.9 Å². The molecule has 4 heteroatoms. The lowest BCUT2D eigenvalue weighted by atomic mass is 9.98. The Balaban J connectivity index is 1.49. The van der Waals surface area contributed by atoms with Crippen molar-refractivity contribution in [2.75, 3.05) is 20.1 Å². The van der Waals surface area contributed by atoms with Crippen molar-refractivity contribution in [2.45, 2.75) is 44.8 Å². The maximum atomic E-state index is 6.05. The van der Waals surface area contributed by atoms with E-state index in [1.165, 1.54) is 37.7 Å². The molecule has 0 atom stereocenters. The first-order valence-corrected chi connectivity index (χ1v) is 8.06. The molecule has 4 nitrogen and oxygen atoms in total. The first kappa shape index (κ1) is 14.2. The monoisotopic (exact) mass is 287 g/mol. The Labute approximate surface area is 127 Å². The number of ether oxygens (including phenoxy) is 1. The molecule has 0 amide bonds. The predicted molar refractivity (Wildman–Crippen MR) is 85.7 cm³/mol. The van der Waals surface area contributed by atoms with Crippen molar-refractivity contribution in [3.8, 4) is 5.75 Å². The van der Waals surface area contributed by atoms with Crippen LogP contribution in [-0.4, -0.2) is 37.1 Å². The van der Waals surface area contributed by atoms with Gasteiger partial charge in [0.05, 0.1) is 12.6 Å². The van der Waals surface area contributed by atoms with Crippen LogP contribution in [0.25, 0.3) is 0 Å². The largest absolute Gasteiger partial charge is 0.490 e. The van der Waals surface area contributed by atoms with Gasteiger partial charge in [-0.05, 0) is 43.4 Å². The Morgan fingerprint density at radius 3 is 2.62 bits per heavy atom. The molecule has 0 bridgehead atoms. The van der Waals surface area contributed by atoms with E-state index in [-0.39, 0.29) is 0 Å². The van der Waals surface area contributed by atoms with Crippen molar-refractivity contribution >= 4 is 5.96 Å². The molecule has 0 unspecified atom stereocenters. The Hall–Kier alpha value is -1.71. The van der Waals surface area contributed by atoms with Crippen LogP contribution in [0.2, 0.25) is 0 Å². The SMILES string of the molecule is CN1CCN=C1NCc1ccc(OC2CCCCC2)cc1. The zero-order valence-corrected chi connectivity index (χ0v) is 12.8. The summed E-state index contributed by atoms with van der Waals surface area (Å²) in [6.07, 6.45) is 6.81. The van der Waals surface area contributed by atoms with Crippen molar-refractivity contribution in [3.63, 3.8) is 0 Å². The highest BCUT2D eigenvalue weighted by Gasteiger charge is 2.15. The van der Waals surface area contributed by atoms with E-state index in [2.05, 4.69) is 46.5 Å². The normalized spacial score (nSPS) is 19.5. The number of benzene rings is 1. The number of guanidine groups is 1. The lowest BCUT2D eigenvalue weighted by Crippen LogP contribution is -2.35. The Kier molecular flexibility index (Phi) is 4.63. The van der Waals surface area contributed by atoms with Crippen molar-refractivity contribution in [1.29, 1.82) is 0 Å². The summed E-state index contributed by atoms with van der Waals surface area (Å²) in [6.45, 7) is 2.72. The molecule has 1 heterocycles. The standard InChI is InChI=1S/C17H25N3O/c1-20-12-11-18-17(20)19-13-14-7-9-16(10-8-14)21-15-5-3-2-4-6-15/h7-10,15H,2-6,11-13H2,1H3,(H,18,19). The first-order chi connectivity index (χ1) is 10.3. The van der Waals surface area contributed by atoms with Gasteiger partial charge in [0.1, 0.15) is 5.75 Å². The minimum Gasteiger partial charge on any atom is -0.490 e. The molecule has 0 saturated heterocycles. The van der Waals surface area contributed by atoms with Gasteiger partial charge in [0.2, 0.25) is 0 Å². The quantitative estimate of drug-likeness (QED) is 0.925. The number of aliphatic imine (C=N–C) groups is 1. The number of nitrogens with zero attached hydrogens (tertiary/aromatic N) is 2. The highest BCUT2D eigenvalue weighted by molar-refractivity contribution is 5.81. The van der Waals surface area contributed by atoms with E-state index >= 15 is 0 Å². The number of hydrogen-bond donors (Lipinski definition) is 1. The van der Waals surface area contributed by atoms with Crippen LogP contribution in [0, 0.1) is 0 Å². The zero-order valence-electron chi connectivity index (χ0n) is 12.8. The summed E-state index contributed by atoms with van der Waals surface area (Å²) in [4.78, 5) is 6.59. The fourth-order valence-electron chi connectivity index (χ4n) is 2.97. The van der Waals surface area contributed by atoms with Gasteiger partial charge in [-0.25, -0.2) is 0 Å². The molecule has 1 aromatic rings. The summed E-state index contributed by atoms with van der Waals surface area (Å²) in [5, 5.41) is 3.38. The van der Waals surface area contributed by atoms with Crippen LogP contribution in [0.15, 0.2) is 29.3 Å². The van der Waals surface area contributed by atoms with E-state index in [1.54, 1.807) is 0 Å². The van der Waals surface area contributed by atoms with Crippen molar-refractivity contribution in [3.05, 3.63) is 29.8 Å². The van der Waals surface area contributed by atoms with E-state index in [4.69, 9.17) is 4.74 Å². The molecule has 1 aliphatic heterocycles. The van der Waals surface area contributed by atoms with E-state index in [9.17, 15) is 0 Å². The van der Waals surface area contributed by atoms with Crippen LogP contribution in [0.3, 0.4) is 0 Å². The van der Waals surface area contributed by atoms with Crippen molar-refractivity contribution in [1.82, 2.24) is 10.2 Å². The summed E-state index contributed by atoms with van der Waals surface area (Å²) >= 11 is 0. The van der Waals surface area contributed by atoms with Crippen LogP contribution in [-0.2, 0) is 6.54 Å². The Bertz CT molecular complexity index is 477. The fraction of sp³-hybridized carbons (Fsp3) is 0.588. The summed E-state index contributed by atoms with van der Waals surface area (Å²) in [5.74, 6) is 2.00. The molecule has 114 valence electrons. The predicted octanol–water partition coefficient (Wildman–Crippen LogP) is 2.79. The minimum absolute atomic E-state index is 0.421. The fourth-order valence-corrected chi connectivity index (χ4v) is 2.97. The summed E-state index contributed by atoms with van der Waals surface area (Å²) in [6, 6.07) is 8.46. The summed E-state index contributed by atoms with van der Waals surface area (Å²) < 4.78 is 6.05. The molecule has 1 N–H and O–H groups in total. The molecule has 3 rings (SSSR count). The molecular weight excluding hydrogens is 262 g/mol. The highest BCUT2D eigenvalue weighted by atomic mass is 16.5. The van der Waals surface area contributed by atoms with Crippen LogP contribution in [0.4, 0.5) is 0 Å². The van der Waals surface area contributed by atoms with Gasteiger partial charge in [0.25, 0.3) is 0 Å². The molecule has 2 aliphatic rings. The Morgan fingerprint density at radius 2 is 1.95 bits per heavy atom. The maximum absolute atomic E-state index is 6.05. The summed E-state index contributed by atoms with van der Waals surface area (Å²) in [7, 11) is 2.07. The van der Waals surface area contributed by atoms with Crippen LogP contribution < -0.4 is 10.1 Å². The zero-order chi connectivity index (χ0) is 14.5.